The van der Waals surface area contributed by atoms with E-state index in [-0.39, 0.29) is 16.7 Å². The molecule has 2 aromatic rings. The number of benzene rings is 1. The van der Waals surface area contributed by atoms with Gasteiger partial charge in [0.15, 0.2) is 5.82 Å². The molecule has 1 heterocycles. The molecule has 0 saturated heterocycles. The molecule has 0 bridgehead atoms. The highest BCUT2D eigenvalue weighted by Crippen LogP contribution is 2.64. The number of hydrogen-bond donors (Lipinski definition) is 2. The highest BCUT2D eigenvalue weighted by molar-refractivity contribution is 5.71. The molecule has 1 unspecified atom stereocenters. The highest BCUT2D eigenvalue weighted by Gasteiger charge is 2.57. The van der Waals surface area contributed by atoms with Crippen LogP contribution in [0.25, 0.3) is 0 Å². The lowest BCUT2D eigenvalue weighted by Gasteiger charge is -2.55. The average molecular weight is 393 g/mol. The van der Waals surface area contributed by atoms with Gasteiger partial charge < -0.3 is 14.9 Å². The summed E-state index contributed by atoms with van der Waals surface area (Å²) in [5.74, 6) is 1.81. The minimum Gasteiger partial charge on any atom is -0.481 e. The Morgan fingerprint density at radius 1 is 1.17 bits per heavy atom. The lowest BCUT2D eigenvalue weighted by Crippen LogP contribution is -2.49. The first-order chi connectivity index (χ1) is 14.1. The Kier molecular flexibility index (Phi) is 3.74. The summed E-state index contributed by atoms with van der Waals surface area (Å²) in [6, 6.07) is 11.3. The van der Waals surface area contributed by atoms with Crippen molar-refractivity contribution < 1.29 is 14.4 Å². The summed E-state index contributed by atoms with van der Waals surface area (Å²) in [7, 11) is 0. The van der Waals surface area contributed by atoms with Gasteiger partial charge >= 0.3 is 5.97 Å². The van der Waals surface area contributed by atoms with E-state index < -0.39 is 5.97 Å². The molecule has 6 rings (SSSR count). The van der Waals surface area contributed by atoms with Crippen molar-refractivity contribution in [1.82, 2.24) is 15.5 Å². The summed E-state index contributed by atoms with van der Waals surface area (Å²) < 4.78 is 5.64. The van der Waals surface area contributed by atoms with E-state index >= 15 is 0 Å². The van der Waals surface area contributed by atoms with Gasteiger partial charge in [0.25, 0.3) is 0 Å². The zero-order valence-corrected chi connectivity index (χ0v) is 16.5. The summed E-state index contributed by atoms with van der Waals surface area (Å²) in [5, 5.41) is 17.2. The number of aliphatic carboxylic acids is 1. The summed E-state index contributed by atoms with van der Waals surface area (Å²) >= 11 is 0. The zero-order chi connectivity index (χ0) is 19.6. The lowest BCUT2D eigenvalue weighted by atomic mass is 9.48. The van der Waals surface area contributed by atoms with E-state index in [9.17, 15) is 4.79 Å². The zero-order valence-electron chi connectivity index (χ0n) is 16.5. The van der Waals surface area contributed by atoms with Gasteiger partial charge in [-0.15, -0.1) is 0 Å². The number of carbonyl (C=O) groups is 1. The van der Waals surface area contributed by atoms with E-state index in [1.165, 1.54) is 12.0 Å². The van der Waals surface area contributed by atoms with Gasteiger partial charge in [0.2, 0.25) is 5.89 Å². The molecule has 0 aliphatic heterocycles. The average Bonchev–Trinajstić information content (AvgIpc) is 3.56. The number of aromatic nitrogens is 2. The molecule has 0 radical (unpaired) electrons. The van der Waals surface area contributed by atoms with Crippen LogP contribution < -0.4 is 5.32 Å². The molecule has 6 heteroatoms. The fourth-order valence-corrected chi connectivity index (χ4v) is 5.72. The molecule has 4 saturated carbocycles. The summed E-state index contributed by atoms with van der Waals surface area (Å²) in [4.78, 5) is 15.8. The molecule has 0 amide bonds. The van der Waals surface area contributed by atoms with Crippen LogP contribution >= 0.6 is 0 Å². The fourth-order valence-electron chi connectivity index (χ4n) is 5.72. The number of nitrogens with zero attached hydrogens (tertiary/aromatic N) is 2. The maximum absolute atomic E-state index is 11.0. The SMILES string of the molecule is O=C(O)C1CC2(C1)CC(c1nc(C3(CN[C@H]4CC4c4ccccc4)CC3)no1)C2. The molecule has 4 aliphatic carbocycles. The van der Waals surface area contributed by atoms with Gasteiger partial charge in [0, 0.05) is 29.8 Å². The van der Waals surface area contributed by atoms with Crippen LogP contribution in [0.15, 0.2) is 34.9 Å². The quantitative estimate of drug-likeness (QED) is 0.747. The first-order valence-electron chi connectivity index (χ1n) is 10.9. The van der Waals surface area contributed by atoms with Gasteiger partial charge in [-0.25, -0.2) is 0 Å². The molecule has 4 aliphatic rings. The molecule has 1 aromatic carbocycles. The Balaban J connectivity index is 1.03. The van der Waals surface area contributed by atoms with E-state index in [1.807, 2.05) is 0 Å². The van der Waals surface area contributed by atoms with Crippen LogP contribution in [0.5, 0.6) is 0 Å². The van der Waals surface area contributed by atoms with Crippen molar-refractivity contribution in [3.8, 4) is 0 Å². The molecule has 29 heavy (non-hydrogen) atoms. The normalized spacial score (nSPS) is 36.3. The van der Waals surface area contributed by atoms with Crippen molar-refractivity contribution in [2.75, 3.05) is 6.54 Å². The van der Waals surface area contributed by atoms with E-state index in [0.29, 0.717) is 17.9 Å². The largest absolute Gasteiger partial charge is 0.481 e. The van der Waals surface area contributed by atoms with E-state index in [0.717, 1.165) is 56.8 Å². The third-order valence-electron chi connectivity index (χ3n) is 7.91. The van der Waals surface area contributed by atoms with Gasteiger partial charge in [-0.3, -0.25) is 4.79 Å². The number of carboxylic acids is 1. The van der Waals surface area contributed by atoms with Crippen molar-refractivity contribution in [2.24, 2.45) is 11.3 Å². The summed E-state index contributed by atoms with van der Waals surface area (Å²) in [6.07, 6.45) is 7.09. The standard InChI is InChI=1S/C23H27N3O3/c27-20(28)16-11-22(12-16)9-15(10-22)19-25-21(26-29-19)23(6-7-23)13-24-18-8-17(18)14-4-2-1-3-5-14/h1-5,15-18,24H,6-13H2,(H,27,28)/t15?,16?,17?,18-,22?/m0/s1. The second-order valence-electron chi connectivity index (χ2n) is 10.0. The minimum absolute atomic E-state index is 0.0535. The second-order valence-corrected chi connectivity index (χ2v) is 10.0. The van der Waals surface area contributed by atoms with Crippen LogP contribution in [0.3, 0.4) is 0 Å². The van der Waals surface area contributed by atoms with Gasteiger partial charge in [-0.1, -0.05) is 35.5 Å². The molecule has 6 nitrogen and oxygen atoms in total. The lowest BCUT2D eigenvalue weighted by molar-refractivity contribution is -0.155. The smallest absolute Gasteiger partial charge is 0.306 e. The number of hydrogen-bond acceptors (Lipinski definition) is 5. The molecule has 152 valence electrons. The molecular formula is C23H27N3O3. The van der Waals surface area contributed by atoms with Crippen molar-refractivity contribution >= 4 is 5.97 Å². The molecular weight excluding hydrogens is 366 g/mol. The van der Waals surface area contributed by atoms with Crippen molar-refractivity contribution in [3.63, 3.8) is 0 Å². The van der Waals surface area contributed by atoms with Crippen LogP contribution in [-0.4, -0.2) is 33.8 Å². The third kappa shape index (κ3) is 3.00. The molecule has 1 spiro atoms. The van der Waals surface area contributed by atoms with Crippen LogP contribution in [0.1, 0.15) is 74.1 Å². The summed E-state index contributed by atoms with van der Waals surface area (Å²) in [5.41, 5.74) is 1.72. The van der Waals surface area contributed by atoms with Gasteiger partial charge in [-0.2, -0.15) is 4.98 Å². The van der Waals surface area contributed by atoms with Gasteiger partial charge in [0.1, 0.15) is 0 Å². The van der Waals surface area contributed by atoms with Crippen LogP contribution in [0.4, 0.5) is 0 Å². The second kappa shape index (κ2) is 6.14. The fraction of sp³-hybridized carbons (Fsp3) is 0.609. The number of rotatable bonds is 7. The molecule has 4 fully saturated rings. The van der Waals surface area contributed by atoms with Gasteiger partial charge in [0.05, 0.1) is 5.92 Å². The van der Waals surface area contributed by atoms with E-state index in [2.05, 4.69) is 40.8 Å². The Bertz CT molecular complexity index is 922. The minimum atomic E-state index is -0.646. The monoisotopic (exact) mass is 393 g/mol. The first kappa shape index (κ1) is 17.6. The van der Waals surface area contributed by atoms with E-state index in [1.54, 1.807) is 0 Å². The molecule has 1 aromatic heterocycles. The topological polar surface area (TPSA) is 88.2 Å². The van der Waals surface area contributed by atoms with Crippen molar-refractivity contribution in [2.45, 2.75) is 68.2 Å². The maximum Gasteiger partial charge on any atom is 0.306 e. The van der Waals surface area contributed by atoms with Crippen molar-refractivity contribution in [1.29, 1.82) is 0 Å². The Morgan fingerprint density at radius 3 is 2.62 bits per heavy atom. The Morgan fingerprint density at radius 2 is 1.93 bits per heavy atom. The third-order valence-corrected chi connectivity index (χ3v) is 7.91. The number of nitrogens with one attached hydrogen (secondary N) is 1. The van der Waals surface area contributed by atoms with Crippen LogP contribution in [-0.2, 0) is 10.2 Å². The van der Waals surface area contributed by atoms with Crippen LogP contribution in [0, 0.1) is 11.3 Å². The van der Waals surface area contributed by atoms with Gasteiger partial charge in [-0.05, 0) is 55.9 Å². The number of carboxylic acid groups (broad SMARTS) is 1. The highest BCUT2D eigenvalue weighted by atomic mass is 16.5. The predicted molar refractivity (Wildman–Crippen MR) is 106 cm³/mol. The van der Waals surface area contributed by atoms with Crippen molar-refractivity contribution in [3.05, 3.63) is 47.6 Å². The Labute approximate surface area is 170 Å². The molecule has 2 atom stereocenters. The maximum atomic E-state index is 11.0. The Hall–Kier alpha value is -2.21. The van der Waals surface area contributed by atoms with E-state index in [4.69, 9.17) is 14.6 Å². The van der Waals surface area contributed by atoms with Crippen LogP contribution in [0.2, 0.25) is 0 Å². The molecule has 2 N–H and O–H groups in total. The predicted octanol–water partition coefficient (Wildman–Crippen LogP) is 3.61. The first-order valence-corrected chi connectivity index (χ1v) is 10.9. The summed E-state index contributed by atoms with van der Waals surface area (Å²) in [6.45, 7) is 0.925.